The normalized spacial score (nSPS) is 20.9. The van der Waals surface area contributed by atoms with Gasteiger partial charge in [0.15, 0.2) is 5.82 Å². The third kappa shape index (κ3) is 1.83. The van der Waals surface area contributed by atoms with Crippen molar-refractivity contribution in [2.75, 3.05) is 19.7 Å². The van der Waals surface area contributed by atoms with E-state index in [1.54, 1.807) is 6.92 Å². The molecule has 2 N–H and O–H groups in total. The fourth-order valence-electron chi connectivity index (χ4n) is 1.89. The van der Waals surface area contributed by atoms with E-state index in [1.165, 1.54) is 10.6 Å². The fourth-order valence-corrected chi connectivity index (χ4v) is 1.89. The quantitative estimate of drug-likeness (QED) is 0.688. The zero-order valence-corrected chi connectivity index (χ0v) is 9.43. The highest BCUT2D eigenvalue weighted by Gasteiger charge is 2.20. The Bertz CT molecular complexity index is 596. The van der Waals surface area contributed by atoms with E-state index in [2.05, 4.69) is 20.4 Å². The number of aromatic amines is 1. The summed E-state index contributed by atoms with van der Waals surface area (Å²) in [4.78, 5) is 20.2. The van der Waals surface area contributed by atoms with Gasteiger partial charge < -0.3 is 10.1 Å². The van der Waals surface area contributed by atoms with Crippen LogP contribution in [0.15, 0.2) is 10.9 Å². The lowest BCUT2D eigenvalue weighted by Gasteiger charge is -2.21. The molecule has 0 amide bonds. The molecule has 0 spiro atoms. The number of nitrogens with zero attached hydrogens (tertiary/aromatic N) is 3. The SMILES string of the molecule is Cc1cc(=O)n2[nH]c(C3CNCCO3)nc2n1. The molecule has 1 aliphatic heterocycles. The van der Waals surface area contributed by atoms with Crippen LogP contribution in [-0.2, 0) is 4.74 Å². The summed E-state index contributed by atoms with van der Waals surface area (Å²) in [6.07, 6.45) is -0.148. The maximum atomic E-state index is 11.7. The Morgan fingerprint density at radius 2 is 2.41 bits per heavy atom. The molecule has 2 aromatic rings. The van der Waals surface area contributed by atoms with Crippen LogP contribution in [0.2, 0.25) is 0 Å². The van der Waals surface area contributed by atoms with Crippen molar-refractivity contribution in [2.45, 2.75) is 13.0 Å². The third-order valence-corrected chi connectivity index (χ3v) is 2.71. The molecule has 7 nitrogen and oxygen atoms in total. The molecule has 2 aromatic heterocycles. The van der Waals surface area contributed by atoms with Crippen LogP contribution in [0, 0.1) is 6.92 Å². The molecular weight excluding hydrogens is 222 g/mol. The zero-order chi connectivity index (χ0) is 11.8. The molecule has 1 unspecified atom stereocenters. The van der Waals surface area contributed by atoms with Gasteiger partial charge in [0.25, 0.3) is 11.3 Å². The van der Waals surface area contributed by atoms with Gasteiger partial charge in [-0.1, -0.05) is 0 Å². The van der Waals surface area contributed by atoms with Gasteiger partial charge in [0.05, 0.1) is 6.61 Å². The van der Waals surface area contributed by atoms with Crippen LogP contribution in [0.3, 0.4) is 0 Å². The lowest BCUT2D eigenvalue weighted by Crippen LogP contribution is -2.34. The van der Waals surface area contributed by atoms with E-state index in [0.717, 1.165) is 6.54 Å². The van der Waals surface area contributed by atoms with E-state index in [4.69, 9.17) is 4.74 Å². The number of H-pyrrole nitrogens is 1. The van der Waals surface area contributed by atoms with Gasteiger partial charge in [-0.15, -0.1) is 0 Å². The Balaban J connectivity index is 2.06. The first-order chi connectivity index (χ1) is 8.24. The van der Waals surface area contributed by atoms with Crippen LogP contribution in [0.5, 0.6) is 0 Å². The molecule has 90 valence electrons. The number of rotatable bonds is 1. The first-order valence-electron chi connectivity index (χ1n) is 5.53. The van der Waals surface area contributed by atoms with E-state index in [9.17, 15) is 4.79 Å². The minimum atomic E-state index is -0.157. The van der Waals surface area contributed by atoms with Crippen molar-refractivity contribution >= 4 is 5.78 Å². The predicted octanol–water partition coefficient (Wildman–Crippen LogP) is -0.613. The van der Waals surface area contributed by atoms with Crippen molar-refractivity contribution in [3.05, 3.63) is 27.9 Å². The van der Waals surface area contributed by atoms with Gasteiger partial charge in [0.1, 0.15) is 6.10 Å². The second-order valence-electron chi connectivity index (χ2n) is 4.04. The van der Waals surface area contributed by atoms with Gasteiger partial charge >= 0.3 is 0 Å². The van der Waals surface area contributed by atoms with E-state index < -0.39 is 0 Å². The number of fused-ring (bicyclic) bond motifs is 1. The average molecular weight is 235 g/mol. The van der Waals surface area contributed by atoms with Crippen LogP contribution in [-0.4, -0.2) is 39.3 Å². The van der Waals surface area contributed by atoms with E-state index in [-0.39, 0.29) is 11.7 Å². The number of aromatic nitrogens is 4. The standard InChI is InChI=1S/C10H13N5O2/c1-6-4-8(16)15-10(12-6)13-9(14-15)7-5-11-2-3-17-7/h4,7,11H,2-3,5H2,1H3,(H,12,13,14). The largest absolute Gasteiger partial charge is 0.368 e. The highest BCUT2D eigenvalue weighted by molar-refractivity contribution is 5.28. The fraction of sp³-hybridized carbons (Fsp3) is 0.500. The number of morpholine rings is 1. The molecular formula is C10H13N5O2. The van der Waals surface area contributed by atoms with Crippen molar-refractivity contribution in [3.63, 3.8) is 0 Å². The Morgan fingerprint density at radius 1 is 1.53 bits per heavy atom. The van der Waals surface area contributed by atoms with Gasteiger partial charge in [0.2, 0.25) is 0 Å². The first kappa shape index (κ1) is 10.4. The summed E-state index contributed by atoms with van der Waals surface area (Å²) in [7, 11) is 0. The van der Waals surface area contributed by atoms with Crippen LogP contribution in [0.1, 0.15) is 17.6 Å². The molecule has 3 heterocycles. The number of hydrogen-bond acceptors (Lipinski definition) is 5. The maximum absolute atomic E-state index is 11.7. The molecule has 1 saturated heterocycles. The summed E-state index contributed by atoms with van der Waals surface area (Å²) in [6.45, 7) is 3.94. The number of aryl methyl sites for hydroxylation is 1. The van der Waals surface area contributed by atoms with Crippen molar-refractivity contribution < 1.29 is 4.74 Å². The highest BCUT2D eigenvalue weighted by Crippen LogP contribution is 2.14. The lowest BCUT2D eigenvalue weighted by atomic mass is 10.3. The van der Waals surface area contributed by atoms with Crippen LogP contribution in [0.4, 0.5) is 0 Å². The van der Waals surface area contributed by atoms with Crippen molar-refractivity contribution in [2.24, 2.45) is 0 Å². The van der Waals surface area contributed by atoms with E-state index in [0.29, 0.717) is 30.4 Å². The smallest absolute Gasteiger partial charge is 0.274 e. The molecule has 0 aromatic carbocycles. The number of hydrogen-bond donors (Lipinski definition) is 2. The van der Waals surface area contributed by atoms with Crippen molar-refractivity contribution in [1.29, 1.82) is 0 Å². The second-order valence-corrected chi connectivity index (χ2v) is 4.04. The Kier molecular flexibility index (Phi) is 2.41. The van der Waals surface area contributed by atoms with Gasteiger partial charge in [-0.3, -0.25) is 9.89 Å². The Hall–Kier alpha value is -1.73. The number of nitrogens with one attached hydrogen (secondary N) is 2. The van der Waals surface area contributed by atoms with E-state index in [1.807, 2.05) is 0 Å². The van der Waals surface area contributed by atoms with Crippen LogP contribution >= 0.6 is 0 Å². The van der Waals surface area contributed by atoms with Crippen molar-refractivity contribution in [1.82, 2.24) is 24.9 Å². The topological polar surface area (TPSA) is 84.3 Å². The lowest BCUT2D eigenvalue weighted by molar-refractivity contribution is 0.0223. The van der Waals surface area contributed by atoms with Gasteiger partial charge in [-0.25, -0.2) is 4.98 Å². The molecule has 0 saturated carbocycles. The van der Waals surface area contributed by atoms with Gasteiger partial charge in [0, 0.05) is 24.8 Å². The third-order valence-electron chi connectivity index (χ3n) is 2.71. The minimum absolute atomic E-state index is 0.148. The molecule has 0 radical (unpaired) electrons. The first-order valence-corrected chi connectivity index (χ1v) is 5.53. The van der Waals surface area contributed by atoms with Crippen LogP contribution < -0.4 is 10.9 Å². The predicted molar refractivity (Wildman–Crippen MR) is 59.9 cm³/mol. The summed E-state index contributed by atoms with van der Waals surface area (Å²) in [5, 5.41) is 6.14. The number of ether oxygens (including phenoxy) is 1. The summed E-state index contributed by atoms with van der Waals surface area (Å²) in [5.74, 6) is 1.02. The molecule has 1 aliphatic rings. The summed E-state index contributed by atoms with van der Waals surface area (Å²) < 4.78 is 6.90. The minimum Gasteiger partial charge on any atom is -0.368 e. The van der Waals surface area contributed by atoms with E-state index >= 15 is 0 Å². The summed E-state index contributed by atoms with van der Waals surface area (Å²) in [6, 6.07) is 1.47. The highest BCUT2D eigenvalue weighted by atomic mass is 16.5. The molecule has 3 rings (SSSR count). The summed E-state index contributed by atoms with van der Waals surface area (Å²) >= 11 is 0. The summed E-state index contributed by atoms with van der Waals surface area (Å²) in [5.41, 5.74) is 0.505. The molecule has 0 aliphatic carbocycles. The Morgan fingerprint density at radius 3 is 3.18 bits per heavy atom. The van der Waals surface area contributed by atoms with Crippen LogP contribution in [0.25, 0.3) is 5.78 Å². The zero-order valence-electron chi connectivity index (χ0n) is 9.43. The molecule has 1 fully saturated rings. The molecule has 7 heteroatoms. The molecule has 0 bridgehead atoms. The Labute approximate surface area is 96.8 Å². The van der Waals surface area contributed by atoms with Gasteiger partial charge in [-0.05, 0) is 6.92 Å². The average Bonchev–Trinajstić information content (AvgIpc) is 2.74. The monoisotopic (exact) mass is 235 g/mol. The molecule has 1 atom stereocenters. The molecule has 17 heavy (non-hydrogen) atoms. The second kappa shape index (κ2) is 3.94. The van der Waals surface area contributed by atoms with Gasteiger partial charge in [-0.2, -0.15) is 9.50 Å². The van der Waals surface area contributed by atoms with Crippen molar-refractivity contribution in [3.8, 4) is 0 Å². The maximum Gasteiger partial charge on any atom is 0.274 e.